The summed E-state index contributed by atoms with van der Waals surface area (Å²) in [4.78, 5) is 26.1. The first-order valence-corrected chi connectivity index (χ1v) is 6.64. The van der Waals surface area contributed by atoms with Crippen molar-refractivity contribution in [2.45, 2.75) is 6.92 Å². The summed E-state index contributed by atoms with van der Waals surface area (Å²) < 4.78 is 5.23. The molecule has 0 bridgehead atoms. The van der Waals surface area contributed by atoms with E-state index in [1.807, 2.05) is 0 Å². The number of halogens is 1. The van der Waals surface area contributed by atoms with Gasteiger partial charge < -0.3 is 10.1 Å². The number of nitro benzene ring substituents is 1. The quantitative estimate of drug-likeness (QED) is 0.519. The average Bonchev–Trinajstić information content (AvgIpc) is 2.48. The topological polar surface area (TPSA) is 94.4 Å². The van der Waals surface area contributed by atoms with Crippen LogP contribution in [0.2, 0.25) is 5.15 Å². The molecule has 0 aliphatic carbocycles. The molecule has 0 aliphatic rings. The van der Waals surface area contributed by atoms with E-state index in [9.17, 15) is 14.9 Å². The number of carbonyl (C=O) groups excluding carboxylic acids is 1. The van der Waals surface area contributed by atoms with Crippen molar-refractivity contribution >= 4 is 28.9 Å². The molecule has 1 aromatic heterocycles. The summed E-state index contributed by atoms with van der Waals surface area (Å²) in [7, 11) is 0. The van der Waals surface area contributed by atoms with E-state index in [4.69, 9.17) is 16.3 Å². The molecule has 0 saturated heterocycles. The van der Waals surface area contributed by atoms with Gasteiger partial charge in [-0.1, -0.05) is 23.7 Å². The van der Waals surface area contributed by atoms with Crippen LogP contribution in [-0.4, -0.2) is 22.4 Å². The molecule has 0 saturated carbocycles. The Bertz CT molecular complexity index is 721. The number of carbonyl (C=O) groups is 1. The molecule has 8 heteroatoms. The molecule has 0 fully saturated rings. The van der Waals surface area contributed by atoms with Gasteiger partial charge in [0, 0.05) is 12.3 Å². The first-order valence-electron chi connectivity index (χ1n) is 6.26. The van der Waals surface area contributed by atoms with Gasteiger partial charge in [-0.2, -0.15) is 0 Å². The number of benzene rings is 1. The predicted octanol–water partition coefficient (Wildman–Crippen LogP) is 2.97. The molecule has 22 heavy (non-hydrogen) atoms. The summed E-state index contributed by atoms with van der Waals surface area (Å²) in [5.41, 5.74) is 0.563. The molecule has 114 valence electrons. The number of aryl methyl sites for hydroxylation is 1. The van der Waals surface area contributed by atoms with Gasteiger partial charge in [0.1, 0.15) is 5.69 Å². The largest absolute Gasteiger partial charge is 0.481 e. The molecular formula is C14H12ClN3O4. The van der Waals surface area contributed by atoms with Crippen molar-refractivity contribution in [3.8, 4) is 5.75 Å². The Balaban J connectivity index is 2.07. The van der Waals surface area contributed by atoms with E-state index in [2.05, 4.69) is 10.3 Å². The number of pyridine rings is 1. The van der Waals surface area contributed by atoms with E-state index in [1.54, 1.807) is 31.2 Å². The Morgan fingerprint density at radius 2 is 2.18 bits per heavy atom. The standard InChI is InChI=1S/C14H12ClN3O4/c1-9-4-2-5-10(18(20)21)13(9)17-12(19)8-22-11-6-3-7-16-14(11)15/h2-7H,8H2,1H3,(H,17,19). The smallest absolute Gasteiger partial charge is 0.293 e. The molecule has 1 N–H and O–H groups in total. The number of rotatable bonds is 5. The van der Waals surface area contributed by atoms with Gasteiger partial charge in [0.25, 0.3) is 11.6 Å². The summed E-state index contributed by atoms with van der Waals surface area (Å²) in [6.45, 7) is 1.33. The Hall–Kier alpha value is -2.67. The zero-order valence-electron chi connectivity index (χ0n) is 11.6. The lowest BCUT2D eigenvalue weighted by Gasteiger charge is -2.10. The third-order valence-electron chi connectivity index (χ3n) is 2.80. The number of hydrogen-bond donors (Lipinski definition) is 1. The zero-order chi connectivity index (χ0) is 16.1. The second-order valence-electron chi connectivity index (χ2n) is 4.36. The van der Waals surface area contributed by atoms with E-state index in [0.29, 0.717) is 5.56 Å². The van der Waals surface area contributed by atoms with Crippen molar-refractivity contribution < 1.29 is 14.5 Å². The molecule has 1 aromatic carbocycles. The highest BCUT2D eigenvalue weighted by atomic mass is 35.5. The lowest BCUT2D eigenvalue weighted by molar-refractivity contribution is -0.384. The SMILES string of the molecule is Cc1cccc([N+](=O)[O-])c1NC(=O)COc1cccnc1Cl. The van der Waals surface area contributed by atoms with E-state index >= 15 is 0 Å². The van der Waals surface area contributed by atoms with Crippen LogP contribution in [-0.2, 0) is 4.79 Å². The molecule has 1 amide bonds. The number of aromatic nitrogens is 1. The molecule has 7 nitrogen and oxygen atoms in total. The number of nitro groups is 1. The number of nitrogens with one attached hydrogen (secondary N) is 1. The molecular weight excluding hydrogens is 310 g/mol. The second kappa shape index (κ2) is 6.86. The molecule has 0 atom stereocenters. The fraction of sp³-hybridized carbons (Fsp3) is 0.143. The minimum atomic E-state index is -0.554. The molecule has 2 aromatic rings. The molecule has 0 unspecified atom stereocenters. The summed E-state index contributed by atoms with van der Waals surface area (Å²) in [5.74, 6) is -0.268. The monoisotopic (exact) mass is 321 g/mol. The highest BCUT2D eigenvalue weighted by molar-refractivity contribution is 6.30. The van der Waals surface area contributed by atoms with Gasteiger partial charge in [-0.25, -0.2) is 4.98 Å². The number of amides is 1. The van der Waals surface area contributed by atoms with E-state index in [0.717, 1.165) is 0 Å². The van der Waals surface area contributed by atoms with Crippen molar-refractivity contribution in [1.82, 2.24) is 4.98 Å². The van der Waals surface area contributed by atoms with E-state index in [1.165, 1.54) is 12.3 Å². The van der Waals surface area contributed by atoms with Crippen LogP contribution >= 0.6 is 11.6 Å². The first kappa shape index (κ1) is 15.7. The number of nitrogens with zero attached hydrogens (tertiary/aromatic N) is 2. The molecule has 2 rings (SSSR count). The maximum absolute atomic E-state index is 11.9. The van der Waals surface area contributed by atoms with Gasteiger partial charge in [-0.05, 0) is 24.6 Å². The summed E-state index contributed by atoms with van der Waals surface area (Å²) in [5, 5.41) is 13.6. The maximum atomic E-state index is 11.9. The van der Waals surface area contributed by atoms with Crippen molar-refractivity contribution in [2.75, 3.05) is 11.9 Å². The molecule has 1 heterocycles. The van der Waals surface area contributed by atoms with Crippen LogP contribution in [0.1, 0.15) is 5.56 Å². The Labute approximate surface area is 131 Å². The Kier molecular flexibility index (Phi) is 4.90. The molecule has 0 aliphatic heterocycles. The lowest BCUT2D eigenvalue weighted by atomic mass is 10.1. The minimum Gasteiger partial charge on any atom is -0.481 e. The Morgan fingerprint density at radius 3 is 2.86 bits per heavy atom. The fourth-order valence-corrected chi connectivity index (χ4v) is 1.94. The first-order chi connectivity index (χ1) is 10.5. The molecule has 0 spiro atoms. The third-order valence-corrected chi connectivity index (χ3v) is 3.08. The predicted molar refractivity (Wildman–Crippen MR) is 81.2 cm³/mol. The number of para-hydroxylation sites is 1. The van der Waals surface area contributed by atoms with Gasteiger partial charge in [-0.15, -0.1) is 0 Å². The number of ether oxygens (including phenoxy) is 1. The van der Waals surface area contributed by atoms with Crippen molar-refractivity contribution in [3.05, 3.63) is 57.4 Å². The fourth-order valence-electron chi connectivity index (χ4n) is 1.76. The van der Waals surface area contributed by atoms with Gasteiger partial charge in [0.15, 0.2) is 17.5 Å². The zero-order valence-corrected chi connectivity index (χ0v) is 12.3. The summed E-state index contributed by atoms with van der Waals surface area (Å²) in [6.07, 6.45) is 1.49. The van der Waals surface area contributed by atoms with Crippen LogP contribution in [0.15, 0.2) is 36.5 Å². The lowest BCUT2D eigenvalue weighted by Crippen LogP contribution is -2.21. The number of hydrogen-bond acceptors (Lipinski definition) is 5. The van der Waals surface area contributed by atoms with Crippen LogP contribution in [0.25, 0.3) is 0 Å². The van der Waals surface area contributed by atoms with Crippen LogP contribution in [0.3, 0.4) is 0 Å². The summed E-state index contributed by atoms with van der Waals surface area (Å²) >= 11 is 5.80. The van der Waals surface area contributed by atoms with E-state index < -0.39 is 10.8 Å². The summed E-state index contributed by atoms with van der Waals surface area (Å²) in [6, 6.07) is 7.72. The number of anilines is 1. The highest BCUT2D eigenvalue weighted by Gasteiger charge is 2.18. The van der Waals surface area contributed by atoms with E-state index in [-0.39, 0.29) is 28.9 Å². The van der Waals surface area contributed by atoms with Crippen LogP contribution in [0, 0.1) is 17.0 Å². The Morgan fingerprint density at radius 1 is 1.41 bits per heavy atom. The van der Waals surface area contributed by atoms with Crippen molar-refractivity contribution in [1.29, 1.82) is 0 Å². The van der Waals surface area contributed by atoms with Crippen LogP contribution in [0.4, 0.5) is 11.4 Å². The highest BCUT2D eigenvalue weighted by Crippen LogP contribution is 2.27. The molecule has 0 radical (unpaired) electrons. The maximum Gasteiger partial charge on any atom is 0.293 e. The third kappa shape index (κ3) is 3.70. The average molecular weight is 322 g/mol. The van der Waals surface area contributed by atoms with Gasteiger partial charge in [0.2, 0.25) is 0 Å². The van der Waals surface area contributed by atoms with Gasteiger partial charge >= 0.3 is 0 Å². The van der Waals surface area contributed by atoms with Crippen LogP contribution in [0.5, 0.6) is 5.75 Å². The van der Waals surface area contributed by atoms with Crippen molar-refractivity contribution in [3.63, 3.8) is 0 Å². The second-order valence-corrected chi connectivity index (χ2v) is 4.71. The van der Waals surface area contributed by atoms with Crippen LogP contribution < -0.4 is 10.1 Å². The van der Waals surface area contributed by atoms with Gasteiger partial charge in [-0.3, -0.25) is 14.9 Å². The normalized spacial score (nSPS) is 10.1. The van der Waals surface area contributed by atoms with Gasteiger partial charge in [0.05, 0.1) is 4.92 Å². The minimum absolute atomic E-state index is 0.136. The van der Waals surface area contributed by atoms with Crippen molar-refractivity contribution in [2.24, 2.45) is 0 Å².